The maximum absolute atomic E-state index is 13.6. The predicted molar refractivity (Wildman–Crippen MR) is 117 cm³/mol. The summed E-state index contributed by atoms with van der Waals surface area (Å²) >= 11 is 0. The van der Waals surface area contributed by atoms with Gasteiger partial charge < -0.3 is 4.74 Å². The third kappa shape index (κ3) is 4.27. The van der Waals surface area contributed by atoms with E-state index in [2.05, 4.69) is 4.98 Å². The van der Waals surface area contributed by atoms with E-state index in [1.807, 2.05) is 45.9 Å². The average Bonchev–Trinajstić information content (AvgIpc) is 2.68. The molecule has 6 nitrogen and oxygen atoms in total. The summed E-state index contributed by atoms with van der Waals surface area (Å²) in [5.41, 5.74) is 2.49. The Morgan fingerprint density at radius 1 is 1.03 bits per heavy atom. The van der Waals surface area contributed by atoms with Crippen LogP contribution in [0.1, 0.15) is 58.1 Å². The molecule has 0 saturated carbocycles. The Labute approximate surface area is 175 Å². The molecule has 0 unspecified atom stereocenters. The highest BCUT2D eigenvalue weighted by atomic mass is 16.5. The zero-order valence-corrected chi connectivity index (χ0v) is 17.9. The molecular weight excluding hydrogens is 380 g/mol. The predicted octanol–water partition coefficient (Wildman–Crippen LogP) is 3.56. The first kappa shape index (κ1) is 21.3. The van der Waals surface area contributed by atoms with Gasteiger partial charge in [-0.3, -0.25) is 19.1 Å². The largest absolute Gasteiger partial charge is 0.497 e. The van der Waals surface area contributed by atoms with E-state index in [-0.39, 0.29) is 23.9 Å². The minimum Gasteiger partial charge on any atom is -0.497 e. The zero-order valence-electron chi connectivity index (χ0n) is 17.9. The van der Waals surface area contributed by atoms with Crippen LogP contribution in [-0.4, -0.2) is 22.4 Å². The number of carbonyl (C=O) groups excluding carboxylic acids is 1. The molecule has 0 amide bonds. The molecule has 0 aliphatic carbocycles. The van der Waals surface area contributed by atoms with Crippen LogP contribution >= 0.6 is 0 Å². The van der Waals surface area contributed by atoms with Crippen LogP contribution in [0.5, 0.6) is 5.75 Å². The number of ether oxygens (including phenoxy) is 1. The Balaban J connectivity index is 2.23. The number of H-pyrrole nitrogens is 1. The first-order chi connectivity index (χ1) is 14.2. The monoisotopic (exact) mass is 406 g/mol. The fourth-order valence-corrected chi connectivity index (χ4v) is 3.67. The normalized spacial score (nSPS) is 11.0. The number of methoxy groups -OCH3 is 1. The third-order valence-corrected chi connectivity index (χ3v) is 5.01. The molecule has 0 aliphatic rings. The maximum Gasteiger partial charge on any atom is 0.329 e. The molecule has 1 N–H and O–H groups in total. The third-order valence-electron chi connectivity index (χ3n) is 5.01. The molecular formula is C24H26N2O4. The lowest BCUT2D eigenvalue weighted by Gasteiger charge is -2.18. The van der Waals surface area contributed by atoms with Gasteiger partial charge in [-0.05, 0) is 49.6 Å². The molecule has 30 heavy (non-hydrogen) atoms. The van der Waals surface area contributed by atoms with Crippen LogP contribution in [0.2, 0.25) is 0 Å². The number of carbonyl (C=O) groups is 1. The maximum atomic E-state index is 13.6. The zero-order chi connectivity index (χ0) is 22.0. The molecule has 3 rings (SSSR count). The van der Waals surface area contributed by atoms with Crippen molar-refractivity contribution in [2.75, 3.05) is 7.11 Å². The fourth-order valence-electron chi connectivity index (χ4n) is 3.67. The standard InChI is InChI=1S/C24H26N2O4/c1-14(2)20-21(22(27)18-11-15(3)10-16(4)12-18)26(24(29)25-23(20)28)13-17-6-8-19(30-5)9-7-17/h6-12,14H,13H2,1-5H3,(H,25,28,29). The second-order valence-electron chi connectivity index (χ2n) is 7.82. The van der Waals surface area contributed by atoms with Crippen molar-refractivity contribution in [3.63, 3.8) is 0 Å². The van der Waals surface area contributed by atoms with Crippen LogP contribution in [-0.2, 0) is 6.54 Å². The molecule has 3 aromatic rings. The first-order valence-corrected chi connectivity index (χ1v) is 9.84. The molecule has 0 bridgehead atoms. The summed E-state index contributed by atoms with van der Waals surface area (Å²) in [7, 11) is 1.58. The number of ketones is 1. The van der Waals surface area contributed by atoms with E-state index in [1.165, 1.54) is 4.57 Å². The summed E-state index contributed by atoms with van der Waals surface area (Å²) in [6.45, 7) is 7.66. The van der Waals surface area contributed by atoms with Gasteiger partial charge in [-0.2, -0.15) is 0 Å². The van der Waals surface area contributed by atoms with Crippen molar-refractivity contribution in [1.82, 2.24) is 9.55 Å². The first-order valence-electron chi connectivity index (χ1n) is 9.84. The molecule has 156 valence electrons. The van der Waals surface area contributed by atoms with Gasteiger partial charge in [0.25, 0.3) is 5.56 Å². The van der Waals surface area contributed by atoms with Gasteiger partial charge in [-0.1, -0.05) is 43.2 Å². The lowest BCUT2D eigenvalue weighted by atomic mass is 9.95. The number of hydrogen-bond acceptors (Lipinski definition) is 4. The van der Waals surface area contributed by atoms with Crippen LogP contribution in [0, 0.1) is 13.8 Å². The van der Waals surface area contributed by atoms with E-state index in [0.29, 0.717) is 16.9 Å². The summed E-state index contributed by atoms with van der Waals surface area (Å²) in [4.78, 5) is 41.3. The van der Waals surface area contributed by atoms with Gasteiger partial charge in [0.2, 0.25) is 5.78 Å². The Bertz CT molecular complexity index is 1180. The number of nitrogens with zero attached hydrogens (tertiary/aromatic N) is 1. The van der Waals surface area contributed by atoms with E-state index >= 15 is 0 Å². The van der Waals surface area contributed by atoms with Crippen LogP contribution in [0.4, 0.5) is 0 Å². The summed E-state index contributed by atoms with van der Waals surface area (Å²) in [5.74, 6) is 0.130. The fraction of sp³-hybridized carbons (Fsp3) is 0.292. The van der Waals surface area contributed by atoms with Gasteiger partial charge in [0, 0.05) is 11.1 Å². The minimum absolute atomic E-state index is 0.138. The van der Waals surface area contributed by atoms with E-state index < -0.39 is 11.2 Å². The summed E-state index contributed by atoms with van der Waals surface area (Å²) in [5, 5.41) is 0. The van der Waals surface area contributed by atoms with Gasteiger partial charge >= 0.3 is 5.69 Å². The van der Waals surface area contributed by atoms with Crippen molar-refractivity contribution in [1.29, 1.82) is 0 Å². The Hall–Kier alpha value is -3.41. The Kier molecular flexibility index (Phi) is 6.06. The van der Waals surface area contributed by atoms with E-state index in [0.717, 1.165) is 16.7 Å². The molecule has 0 radical (unpaired) electrons. The molecule has 2 aromatic carbocycles. The van der Waals surface area contributed by atoms with E-state index in [4.69, 9.17) is 4.74 Å². The lowest BCUT2D eigenvalue weighted by Crippen LogP contribution is -2.38. The Morgan fingerprint density at radius 3 is 2.17 bits per heavy atom. The lowest BCUT2D eigenvalue weighted by molar-refractivity contribution is 0.102. The molecule has 0 saturated heterocycles. The highest BCUT2D eigenvalue weighted by Gasteiger charge is 2.24. The molecule has 0 aliphatic heterocycles. The molecule has 1 heterocycles. The minimum atomic E-state index is -0.604. The number of rotatable bonds is 6. The van der Waals surface area contributed by atoms with Crippen molar-refractivity contribution < 1.29 is 9.53 Å². The van der Waals surface area contributed by atoms with Crippen molar-refractivity contribution in [3.8, 4) is 5.75 Å². The number of aromatic nitrogens is 2. The molecule has 0 spiro atoms. The van der Waals surface area contributed by atoms with Crippen molar-refractivity contribution in [2.45, 2.75) is 40.2 Å². The average molecular weight is 406 g/mol. The summed E-state index contributed by atoms with van der Waals surface area (Å²) in [6, 6.07) is 12.8. The van der Waals surface area contributed by atoms with Gasteiger partial charge in [-0.15, -0.1) is 0 Å². The molecule has 0 fully saturated rings. The molecule has 0 atom stereocenters. The van der Waals surface area contributed by atoms with E-state index in [1.54, 1.807) is 31.4 Å². The summed E-state index contributed by atoms with van der Waals surface area (Å²) in [6.07, 6.45) is 0. The molecule has 6 heteroatoms. The highest BCUT2D eigenvalue weighted by molar-refractivity contribution is 6.09. The Morgan fingerprint density at radius 2 is 1.63 bits per heavy atom. The van der Waals surface area contributed by atoms with Crippen LogP contribution in [0.25, 0.3) is 0 Å². The van der Waals surface area contributed by atoms with Gasteiger partial charge in [0.1, 0.15) is 11.4 Å². The number of nitrogens with one attached hydrogen (secondary N) is 1. The van der Waals surface area contributed by atoms with Crippen LogP contribution < -0.4 is 16.0 Å². The number of hydrogen-bond donors (Lipinski definition) is 1. The van der Waals surface area contributed by atoms with Gasteiger partial charge in [0.15, 0.2) is 0 Å². The van der Waals surface area contributed by atoms with Crippen LogP contribution in [0.3, 0.4) is 0 Å². The second-order valence-corrected chi connectivity index (χ2v) is 7.82. The van der Waals surface area contributed by atoms with Crippen molar-refractivity contribution >= 4 is 5.78 Å². The smallest absolute Gasteiger partial charge is 0.329 e. The number of aromatic amines is 1. The van der Waals surface area contributed by atoms with Gasteiger partial charge in [0.05, 0.1) is 13.7 Å². The van der Waals surface area contributed by atoms with Crippen LogP contribution in [0.15, 0.2) is 52.1 Å². The quantitative estimate of drug-likeness (QED) is 0.635. The molecule has 1 aromatic heterocycles. The summed E-state index contributed by atoms with van der Waals surface area (Å²) < 4.78 is 6.54. The van der Waals surface area contributed by atoms with Gasteiger partial charge in [-0.25, -0.2) is 4.79 Å². The van der Waals surface area contributed by atoms with E-state index in [9.17, 15) is 14.4 Å². The van der Waals surface area contributed by atoms with Crippen molar-refractivity contribution in [3.05, 3.63) is 96.8 Å². The SMILES string of the molecule is COc1ccc(Cn2c(C(=O)c3cc(C)cc(C)c3)c(C(C)C)c(=O)[nH]c2=O)cc1. The van der Waals surface area contributed by atoms with Crippen molar-refractivity contribution in [2.24, 2.45) is 0 Å². The highest BCUT2D eigenvalue weighted by Crippen LogP contribution is 2.21. The topological polar surface area (TPSA) is 81.2 Å². The number of benzene rings is 2. The number of aryl methyl sites for hydroxylation is 2. The second kappa shape index (κ2) is 8.53.